The van der Waals surface area contributed by atoms with Gasteiger partial charge in [-0.1, -0.05) is 13.8 Å². The average molecular weight is 300 g/mol. The molecule has 7 heteroatoms. The van der Waals surface area contributed by atoms with E-state index in [1.165, 1.54) is 6.20 Å². The van der Waals surface area contributed by atoms with Crippen molar-refractivity contribution in [1.29, 1.82) is 0 Å². The molecule has 6 nitrogen and oxygen atoms in total. The molecule has 0 aliphatic heterocycles. The largest absolute Gasteiger partial charge is 0.315 e. The molecule has 1 aromatic heterocycles. The molecule has 0 aromatic carbocycles. The normalized spacial score (nSPS) is 17.9. The first-order valence-corrected chi connectivity index (χ1v) is 8.77. The molecule has 1 saturated carbocycles. The van der Waals surface area contributed by atoms with E-state index in [0.717, 1.165) is 38.8 Å². The van der Waals surface area contributed by atoms with Crippen molar-refractivity contribution < 1.29 is 8.42 Å². The zero-order chi connectivity index (χ0) is 14.6. The summed E-state index contributed by atoms with van der Waals surface area (Å²) in [5, 5.41) is 7.30. The summed E-state index contributed by atoms with van der Waals surface area (Å²) in [6, 6.07) is 0. The van der Waals surface area contributed by atoms with E-state index in [2.05, 4.69) is 15.1 Å². The van der Waals surface area contributed by atoms with Gasteiger partial charge in [-0.15, -0.1) is 0 Å². The summed E-state index contributed by atoms with van der Waals surface area (Å²) in [6.45, 7) is 6.41. The lowest BCUT2D eigenvalue weighted by Crippen LogP contribution is -2.52. The predicted molar refractivity (Wildman–Crippen MR) is 78.0 cm³/mol. The zero-order valence-corrected chi connectivity index (χ0v) is 13.0. The summed E-state index contributed by atoms with van der Waals surface area (Å²) in [5.41, 5.74) is -0.231. The Kier molecular flexibility index (Phi) is 4.82. The Hall–Kier alpha value is -0.920. The maximum absolute atomic E-state index is 12.4. The Morgan fingerprint density at radius 2 is 2.15 bits per heavy atom. The molecule has 1 aliphatic rings. The van der Waals surface area contributed by atoms with Crippen LogP contribution in [0, 0.1) is 0 Å². The van der Waals surface area contributed by atoms with Crippen molar-refractivity contribution in [2.45, 2.75) is 56.5 Å². The summed E-state index contributed by atoms with van der Waals surface area (Å²) >= 11 is 0. The number of nitrogens with one attached hydrogen (secondary N) is 2. The summed E-state index contributed by atoms with van der Waals surface area (Å²) in [6.07, 6.45) is 6.81. The number of hydrogen-bond acceptors (Lipinski definition) is 4. The Balaban J connectivity index is 2.02. The topological polar surface area (TPSA) is 76.0 Å². The molecule has 2 N–H and O–H groups in total. The Morgan fingerprint density at radius 1 is 1.40 bits per heavy atom. The van der Waals surface area contributed by atoms with Crippen LogP contribution in [0.15, 0.2) is 17.3 Å². The lowest BCUT2D eigenvalue weighted by Gasteiger charge is -2.41. The van der Waals surface area contributed by atoms with Gasteiger partial charge in [-0.3, -0.25) is 4.68 Å². The quantitative estimate of drug-likeness (QED) is 0.705. The van der Waals surface area contributed by atoms with E-state index in [-0.39, 0.29) is 10.4 Å². The first-order valence-electron chi connectivity index (χ1n) is 7.28. The van der Waals surface area contributed by atoms with Crippen LogP contribution in [0.4, 0.5) is 0 Å². The van der Waals surface area contributed by atoms with Gasteiger partial charge < -0.3 is 5.32 Å². The van der Waals surface area contributed by atoms with Crippen molar-refractivity contribution in [2.24, 2.45) is 0 Å². The smallest absolute Gasteiger partial charge is 0.244 e. The maximum atomic E-state index is 12.4. The molecule has 0 amide bonds. The van der Waals surface area contributed by atoms with Crippen molar-refractivity contribution in [3.63, 3.8) is 0 Å². The van der Waals surface area contributed by atoms with E-state index in [1.807, 2.05) is 13.8 Å². The summed E-state index contributed by atoms with van der Waals surface area (Å²) in [5.74, 6) is 0. The second-order valence-electron chi connectivity index (χ2n) is 5.39. The molecule has 1 heterocycles. The highest BCUT2D eigenvalue weighted by molar-refractivity contribution is 7.89. The van der Waals surface area contributed by atoms with Crippen molar-refractivity contribution >= 4 is 10.0 Å². The molecule has 2 rings (SSSR count). The predicted octanol–water partition coefficient (Wildman–Crippen LogP) is 1.10. The fraction of sp³-hybridized carbons (Fsp3) is 0.769. The Bertz CT molecular complexity index is 529. The SMILES string of the molecule is CCNCCn1cc(S(=O)(=O)NC2(CC)CCC2)cn1. The molecular formula is C13H24N4O2S. The first-order chi connectivity index (χ1) is 9.51. The fourth-order valence-corrected chi connectivity index (χ4v) is 3.93. The minimum atomic E-state index is -3.45. The van der Waals surface area contributed by atoms with E-state index in [1.54, 1.807) is 10.9 Å². The molecule has 1 aliphatic carbocycles. The fourth-order valence-electron chi connectivity index (χ4n) is 2.45. The molecule has 0 saturated heterocycles. The van der Waals surface area contributed by atoms with Crippen molar-refractivity contribution in [2.75, 3.05) is 13.1 Å². The number of hydrogen-bond donors (Lipinski definition) is 2. The minimum absolute atomic E-state index is 0.231. The third-order valence-electron chi connectivity index (χ3n) is 4.03. The van der Waals surface area contributed by atoms with Gasteiger partial charge in [-0.25, -0.2) is 13.1 Å². The standard InChI is InChI=1S/C13H24N4O2S/c1-3-13(6-5-7-13)16-20(18,19)12-10-15-17(11-12)9-8-14-4-2/h10-11,14,16H,3-9H2,1-2H3. The van der Waals surface area contributed by atoms with Crippen LogP contribution < -0.4 is 10.0 Å². The van der Waals surface area contributed by atoms with Gasteiger partial charge in [0.1, 0.15) is 4.90 Å². The number of likely N-dealkylation sites (N-methyl/N-ethyl adjacent to an activating group) is 1. The highest BCUT2D eigenvalue weighted by Crippen LogP contribution is 2.35. The summed E-state index contributed by atoms with van der Waals surface area (Å²) in [7, 11) is -3.45. The van der Waals surface area contributed by atoms with Gasteiger partial charge in [0.15, 0.2) is 0 Å². The van der Waals surface area contributed by atoms with Gasteiger partial charge >= 0.3 is 0 Å². The third-order valence-corrected chi connectivity index (χ3v) is 5.56. The Labute approximate surface area is 121 Å². The second kappa shape index (κ2) is 6.24. The number of aromatic nitrogens is 2. The molecular weight excluding hydrogens is 276 g/mol. The highest BCUT2D eigenvalue weighted by Gasteiger charge is 2.39. The number of sulfonamides is 1. The van der Waals surface area contributed by atoms with Crippen LogP contribution in [0.25, 0.3) is 0 Å². The second-order valence-corrected chi connectivity index (χ2v) is 7.07. The highest BCUT2D eigenvalue weighted by atomic mass is 32.2. The van der Waals surface area contributed by atoms with Crippen LogP contribution in [-0.2, 0) is 16.6 Å². The molecule has 0 radical (unpaired) electrons. The maximum Gasteiger partial charge on any atom is 0.244 e. The van der Waals surface area contributed by atoms with Gasteiger partial charge in [0.2, 0.25) is 10.0 Å². The van der Waals surface area contributed by atoms with Gasteiger partial charge in [-0.05, 0) is 32.2 Å². The number of rotatable bonds is 8. The van der Waals surface area contributed by atoms with Crippen LogP contribution >= 0.6 is 0 Å². The van der Waals surface area contributed by atoms with Crippen LogP contribution in [0.5, 0.6) is 0 Å². The molecule has 0 unspecified atom stereocenters. The van der Waals surface area contributed by atoms with E-state index in [4.69, 9.17) is 0 Å². The van der Waals surface area contributed by atoms with Crippen LogP contribution in [0.1, 0.15) is 39.5 Å². The average Bonchev–Trinajstić information content (AvgIpc) is 2.84. The van der Waals surface area contributed by atoms with E-state index in [0.29, 0.717) is 6.54 Å². The van der Waals surface area contributed by atoms with Crippen molar-refractivity contribution in [1.82, 2.24) is 19.8 Å². The summed E-state index contributed by atoms with van der Waals surface area (Å²) < 4.78 is 29.2. The molecule has 1 aromatic rings. The third kappa shape index (κ3) is 3.39. The molecule has 0 atom stereocenters. The molecule has 114 valence electrons. The van der Waals surface area contributed by atoms with Gasteiger partial charge in [0.25, 0.3) is 0 Å². The monoisotopic (exact) mass is 300 g/mol. The zero-order valence-electron chi connectivity index (χ0n) is 12.2. The van der Waals surface area contributed by atoms with Gasteiger partial charge in [0, 0.05) is 18.3 Å². The molecule has 0 spiro atoms. The molecule has 1 fully saturated rings. The Morgan fingerprint density at radius 3 is 2.70 bits per heavy atom. The summed E-state index contributed by atoms with van der Waals surface area (Å²) in [4.78, 5) is 0.258. The first kappa shape index (κ1) is 15.5. The lowest BCUT2D eigenvalue weighted by atomic mass is 9.76. The minimum Gasteiger partial charge on any atom is -0.315 e. The van der Waals surface area contributed by atoms with E-state index in [9.17, 15) is 8.42 Å². The molecule has 20 heavy (non-hydrogen) atoms. The van der Waals surface area contributed by atoms with Gasteiger partial charge in [0.05, 0.1) is 12.7 Å². The van der Waals surface area contributed by atoms with Gasteiger partial charge in [-0.2, -0.15) is 5.10 Å². The van der Waals surface area contributed by atoms with Crippen LogP contribution in [0.2, 0.25) is 0 Å². The lowest BCUT2D eigenvalue weighted by molar-refractivity contribution is 0.214. The number of nitrogens with zero attached hydrogens (tertiary/aromatic N) is 2. The molecule has 0 bridgehead atoms. The van der Waals surface area contributed by atoms with E-state index >= 15 is 0 Å². The van der Waals surface area contributed by atoms with Crippen LogP contribution in [-0.4, -0.2) is 36.8 Å². The van der Waals surface area contributed by atoms with E-state index < -0.39 is 10.0 Å². The van der Waals surface area contributed by atoms with Crippen LogP contribution in [0.3, 0.4) is 0 Å². The van der Waals surface area contributed by atoms with Crippen molar-refractivity contribution in [3.8, 4) is 0 Å². The van der Waals surface area contributed by atoms with Crippen molar-refractivity contribution in [3.05, 3.63) is 12.4 Å².